The van der Waals surface area contributed by atoms with E-state index in [2.05, 4.69) is 31.0 Å². The summed E-state index contributed by atoms with van der Waals surface area (Å²) < 4.78 is 52.3. The molecular formula is C41H39ClF3N5O5. The van der Waals surface area contributed by atoms with Crippen LogP contribution in [0.5, 0.6) is 17.4 Å². The van der Waals surface area contributed by atoms with Crippen LogP contribution in [0.1, 0.15) is 50.3 Å². The Labute approximate surface area is 321 Å². The minimum Gasteiger partial charge on any atom is -0.468 e. The minimum absolute atomic E-state index is 0.0571. The second kappa shape index (κ2) is 18.7. The van der Waals surface area contributed by atoms with Crippen LogP contribution in [0.25, 0.3) is 0 Å². The fourth-order valence-electron chi connectivity index (χ4n) is 5.81. The Morgan fingerprint density at radius 1 is 0.745 bits per heavy atom. The Hall–Kier alpha value is -5.47. The number of pyridine rings is 1. The lowest BCUT2D eigenvalue weighted by molar-refractivity contribution is -0.154. The number of nitrogens with one attached hydrogen (secondary N) is 4. The molecule has 10 nitrogen and oxygen atoms in total. The Bertz CT molecular complexity index is 1990. The van der Waals surface area contributed by atoms with Gasteiger partial charge in [0.2, 0.25) is 5.88 Å². The van der Waals surface area contributed by atoms with E-state index in [4.69, 9.17) is 21.1 Å². The van der Waals surface area contributed by atoms with Gasteiger partial charge >= 0.3 is 6.18 Å². The summed E-state index contributed by atoms with van der Waals surface area (Å²) in [5.41, 5.74) is 4.48. The second-order valence-electron chi connectivity index (χ2n) is 12.8. The lowest BCUT2D eigenvalue weighted by atomic mass is 9.98. The molecule has 2 amide bonds. The number of anilines is 2. The van der Waals surface area contributed by atoms with Crippen LogP contribution in [-0.2, 0) is 4.74 Å². The number of benzene rings is 4. The topological polar surface area (TPSA) is 123 Å². The van der Waals surface area contributed by atoms with Crippen molar-refractivity contribution in [3.8, 4) is 17.4 Å². The molecule has 0 saturated carbocycles. The highest BCUT2D eigenvalue weighted by Gasteiger charge is 2.28. The van der Waals surface area contributed by atoms with Gasteiger partial charge in [0.15, 0.2) is 6.61 Å². The maximum atomic E-state index is 12.5. The summed E-state index contributed by atoms with van der Waals surface area (Å²) in [5.74, 6) is 1.07. The maximum absolute atomic E-state index is 12.5. The number of hydrogen-bond acceptors (Lipinski definition) is 8. The van der Waals surface area contributed by atoms with Crippen molar-refractivity contribution in [1.82, 2.24) is 15.6 Å². The number of carbonyl (C=O) groups excluding carboxylic acids is 2. The Balaban J connectivity index is 0.000000188. The highest BCUT2D eigenvalue weighted by Crippen LogP contribution is 2.26. The van der Waals surface area contributed by atoms with Crippen molar-refractivity contribution in [3.63, 3.8) is 0 Å². The predicted molar refractivity (Wildman–Crippen MR) is 204 cm³/mol. The lowest BCUT2D eigenvalue weighted by Gasteiger charge is -2.24. The molecule has 1 unspecified atom stereocenters. The van der Waals surface area contributed by atoms with Crippen LogP contribution in [0, 0.1) is 0 Å². The average molecular weight is 774 g/mol. The summed E-state index contributed by atoms with van der Waals surface area (Å²) in [6, 6.07) is 32.1. The van der Waals surface area contributed by atoms with Crippen molar-refractivity contribution in [3.05, 3.63) is 143 Å². The SMILES string of the molecule is O=C(Nc1ccc(C2CNCCO2)cc1)c1ccc(Oc2ccc(Cl)cc2)cc1.O=C(Nc1ccc([C@@H]2CCNC2)cc1)c1ccc(OCC(F)(F)F)nc1. The van der Waals surface area contributed by atoms with Gasteiger partial charge in [-0.05, 0) is 109 Å². The zero-order chi connectivity index (χ0) is 38.6. The standard InChI is InChI=1S/C23H21ClN2O3.C18H18F3N3O2/c24-18-5-11-21(12-6-18)29-20-9-3-17(4-10-20)23(27)26-19-7-1-16(2-8-19)22-15-25-13-14-28-22;19-18(20,21)11-26-16-6-3-14(10-23-16)17(25)24-15-4-1-12(2-5-15)13-7-8-22-9-13/h1-12,22,25H,13-15H2,(H,26,27);1-6,10,13,22H,7-9,11H2,(H,24,25)/t;13-/m.1/s1. The fraction of sp³-hybridized carbons (Fsp3) is 0.244. The Morgan fingerprint density at radius 3 is 1.87 bits per heavy atom. The van der Waals surface area contributed by atoms with E-state index in [-0.39, 0.29) is 23.5 Å². The summed E-state index contributed by atoms with van der Waals surface area (Å²) in [5, 5.41) is 12.9. The van der Waals surface area contributed by atoms with Gasteiger partial charge in [-0.15, -0.1) is 0 Å². The van der Waals surface area contributed by atoms with Crippen molar-refractivity contribution in [1.29, 1.82) is 0 Å². The molecule has 2 aliphatic rings. The minimum atomic E-state index is -4.43. The zero-order valence-corrected chi connectivity index (χ0v) is 30.3. The molecule has 2 atom stereocenters. The van der Waals surface area contributed by atoms with E-state index < -0.39 is 18.7 Å². The molecule has 2 saturated heterocycles. The van der Waals surface area contributed by atoms with Crippen molar-refractivity contribution >= 4 is 34.8 Å². The van der Waals surface area contributed by atoms with E-state index in [9.17, 15) is 22.8 Å². The van der Waals surface area contributed by atoms with Gasteiger partial charge in [-0.1, -0.05) is 35.9 Å². The van der Waals surface area contributed by atoms with Crippen molar-refractivity contribution in [2.24, 2.45) is 0 Å². The quantitative estimate of drug-likeness (QED) is 0.112. The van der Waals surface area contributed by atoms with E-state index in [0.29, 0.717) is 40.3 Å². The number of amides is 2. The Kier molecular flexibility index (Phi) is 13.4. The lowest BCUT2D eigenvalue weighted by Crippen LogP contribution is -2.33. The molecule has 14 heteroatoms. The molecule has 4 N–H and O–H groups in total. The van der Waals surface area contributed by atoms with E-state index in [1.807, 2.05) is 48.5 Å². The number of rotatable bonds is 10. The zero-order valence-electron chi connectivity index (χ0n) is 29.6. The molecule has 3 heterocycles. The number of aromatic nitrogens is 1. The third-order valence-corrected chi connectivity index (χ3v) is 8.97. The summed E-state index contributed by atoms with van der Waals surface area (Å²) in [6.07, 6.45) is -2.10. The third kappa shape index (κ3) is 12.0. The van der Waals surface area contributed by atoms with Crippen LogP contribution in [0.2, 0.25) is 5.02 Å². The highest BCUT2D eigenvalue weighted by molar-refractivity contribution is 6.30. The first-order valence-electron chi connectivity index (χ1n) is 17.6. The second-order valence-corrected chi connectivity index (χ2v) is 13.2. The molecule has 4 aromatic carbocycles. The first-order chi connectivity index (χ1) is 26.6. The number of halogens is 4. The molecule has 55 heavy (non-hydrogen) atoms. The van der Waals surface area contributed by atoms with Gasteiger partial charge in [-0.25, -0.2) is 4.98 Å². The summed E-state index contributed by atoms with van der Waals surface area (Å²) in [6.45, 7) is 2.94. The number of hydrogen-bond donors (Lipinski definition) is 4. The van der Waals surface area contributed by atoms with E-state index in [1.165, 1.54) is 23.9 Å². The molecule has 0 aliphatic carbocycles. The molecule has 286 valence electrons. The van der Waals surface area contributed by atoms with Gasteiger partial charge in [0.1, 0.15) is 11.5 Å². The van der Waals surface area contributed by atoms with Gasteiger partial charge < -0.3 is 35.5 Å². The van der Waals surface area contributed by atoms with Crippen molar-refractivity contribution < 1.29 is 37.0 Å². The first kappa shape index (κ1) is 39.2. The van der Waals surface area contributed by atoms with Crippen LogP contribution >= 0.6 is 11.6 Å². The van der Waals surface area contributed by atoms with Crippen molar-refractivity contribution in [2.75, 3.05) is 50.0 Å². The molecule has 2 fully saturated rings. The molecule has 0 radical (unpaired) electrons. The largest absolute Gasteiger partial charge is 0.468 e. The van der Waals surface area contributed by atoms with E-state index in [1.54, 1.807) is 48.5 Å². The Morgan fingerprint density at radius 2 is 1.33 bits per heavy atom. The van der Waals surface area contributed by atoms with Crippen molar-refractivity contribution in [2.45, 2.75) is 24.6 Å². The smallest absolute Gasteiger partial charge is 0.422 e. The molecule has 0 bridgehead atoms. The monoisotopic (exact) mass is 773 g/mol. The number of carbonyl (C=O) groups is 2. The molecule has 2 aliphatic heterocycles. The van der Waals surface area contributed by atoms with Gasteiger partial charge in [0, 0.05) is 53.9 Å². The van der Waals surface area contributed by atoms with E-state index >= 15 is 0 Å². The average Bonchev–Trinajstić information content (AvgIpc) is 3.75. The molecule has 5 aromatic rings. The number of morpholine rings is 1. The fourth-order valence-corrected chi connectivity index (χ4v) is 5.94. The number of ether oxygens (including phenoxy) is 3. The normalized spacial score (nSPS) is 16.7. The predicted octanol–water partition coefficient (Wildman–Crippen LogP) is 8.40. The third-order valence-electron chi connectivity index (χ3n) is 8.72. The molecular weight excluding hydrogens is 735 g/mol. The summed E-state index contributed by atoms with van der Waals surface area (Å²) in [4.78, 5) is 28.4. The van der Waals surface area contributed by atoms with Gasteiger partial charge in [-0.2, -0.15) is 13.2 Å². The number of alkyl halides is 3. The number of nitrogens with zero attached hydrogens (tertiary/aromatic N) is 1. The van der Waals surface area contributed by atoms with Gasteiger partial charge in [0.25, 0.3) is 11.8 Å². The summed E-state index contributed by atoms with van der Waals surface area (Å²) in [7, 11) is 0. The van der Waals surface area contributed by atoms with E-state index in [0.717, 1.165) is 43.9 Å². The molecule has 1 aromatic heterocycles. The van der Waals surface area contributed by atoms with Gasteiger partial charge in [0.05, 0.1) is 18.3 Å². The first-order valence-corrected chi connectivity index (χ1v) is 18.0. The summed E-state index contributed by atoms with van der Waals surface area (Å²) >= 11 is 5.88. The highest BCUT2D eigenvalue weighted by atomic mass is 35.5. The molecule has 0 spiro atoms. The van der Waals surface area contributed by atoms with Crippen LogP contribution in [0.3, 0.4) is 0 Å². The van der Waals surface area contributed by atoms with Crippen LogP contribution < -0.4 is 30.7 Å². The molecule has 7 rings (SSSR count). The van der Waals surface area contributed by atoms with Crippen LogP contribution in [0.15, 0.2) is 115 Å². The van der Waals surface area contributed by atoms with Crippen LogP contribution in [-0.4, -0.2) is 62.4 Å². The van der Waals surface area contributed by atoms with Gasteiger partial charge in [-0.3, -0.25) is 9.59 Å². The van der Waals surface area contributed by atoms with Crippen LogP contribution in [0.4, 0.5) is 24.5 Å². The maximum Gasteiger partial charge on any atom is 0.422 e.